The van der Waals surface area contributed by atoms with Gasteiger partial charge in [0.25, 0.3) is 0 Å². The zero-order valence-corrected chi connectivity index (χ0v) is 30.9. The number of benzene rings is 3. The number of likely N-dealkylation sites (N-methyl/N-ethyl adjacent to an activating group) is 1. The molecule has 11 nitrogen and oxygen atoms in total. The Kier molecular flexibility index (Phi) is 11.0. The maximum absolute atomic E-state index is 13.9. The van der Waals surface area contributed by atoms with Crippen LogP contribution in [-0.4, -0.2) is 86.7 Å². The summed E-state index contributed by atoms with van der Waals surface area (Å²) in [4.78, 5) is 61.9. The minimum atomic E-state index is -0.632. The highest BCUT2D eigenvalue weighted by molar-refractivity contribution is 5.88. The number of amides is 2. The lowest BCUT2D eigenvalue weighted by Crippen LogP contribution is -2.40. The number of hydrogen-bond donors (Lipinski definition) is 2. The number of nitrogens with one attached hydrogen (secondary N) is 2. The molecule has 4 heterocycles. The average Bonchev–Trinajstić information content (AvgIpc) is 4.04. The number of aromatic amines is 2. The van der Waals surface area contributed by atoms with E-state index in [2.05, 4.69) is 26.8 Å². The first kappa shape index (κ1) is 36.4. The molecule has 0 spiro atoms. The first-order chi connectivity index (χ1) is 26.3. The maximum Gasteiger partial charge on any atom is 0.306 e. The van der Waals surface area contributed by atoms with Crippen molar-refractivity contribution in [1.29, 1.82) is 0 Å². The number of ether oxygens (including phenoxy) is 1. The number of nitrogens with zero attached hydrogens (tertiary/aromatic N) is 5. The number of H-pyrrole nitrogens is 2. The number of aromatic nitrogens is 4. The summed E-state index contributed by atoms with van der Waals surface area (Å²) in [6, 6.07) is 26.5. The van der Waals surface area contributed by atoms with E-state index in [1.54, 1.807) is 6.20 Å². The van der Waals surface area contributed by atoms with Gasteiger partial charge >= 0.3 is 5.97 Å². The van der Waals surface area contributed by atoms with Crippen molar-refractivity contribution in [2.45, 2.75) is 56.1 Å². The van der Waals surface area contributed by atoms with Crippen LogP contribution in [0.5, 0.6) is 0 Å². The second-order valence-electron chi connectivity index (χ2n) is 14.1. The van der Waals surface area contributed by atoms with Crippen LogP contribution in [0.4, 0.5) is 0 Å². The van der Waals surface area contributed by atoms with Crippen molar-refractivity contribution in [3.05, 3.63) is 131 Å². The molecule has 1 unspecified atom stereocenters. The van der Waals surface area contributed by atoms with Gasteiger partial charge in [-0.15, -0.1) is 0 Å². The van der Waals surface area contributed by atoms with Crippen LogP contribution < -0.4 is 0 Å². The summed E-state index contributed by atoms with van der Waals surface area (Å²) in [5.41, 5.74) is 5.11. The molecular weight excluding hydrogens is 679 g/mol. The number of carbonyl (C=O) groups excluding carboxylic acids is 3. The monoisotopic (exact) mass is 723 g/mol. The van der Waals surface area contributed by atoms with Crippen molar-refractivity contribution >= 4 is 17.8 Å². The van der Waals surface area contributed by atoms with Crippen molar-refractivity contribution < 1.29 is 19.1 Å². The summed E-state index contributed by atoms with van der Waals surface area (Å²) >= 11 is 0. The number of likely N-dealkylation sites (tertiary alicyclic amines) is 2. The molecule has 0 saturated carbocycles. The number of imidazole rings is 2. The van der Waals surface area contributed by atoms with E-state index in [0.717, 1.165) is 59.5 Å². The van der Waals surface area contributed by atoms with Crippen LogP contribution in [0.2, 0.25) is 0 Å². The Hall–Kier alpha value is -5.99. The summed E-state index contributed by atoms with van der Waals surface area (Å²) < 4.78 is 4.92. The molecule has 2 amide bonds. The third-order valence-corrected chi connectivity index (χ3v) is 10.4. The van der Waals surface area contributed by atoms with Crippen LogP contribution in [0.25, 0.3) is 11.3 Å². The standard InChI is InChI=1S/C43H45N7O4/c1-48(2)39(32-14-8-5-9-15-32)43(53)50-25-11-17-37(50)41-45-28-35(47-41)31-21-18-29(19-22-31)20-23-33-27-44-40(46-33)36-16-10-24-49(36)42(52)34(26-38(51)54-3)30-12-6-4-7-13-30/h4-9,12-15,18-19,21-22,27-28,34,36-37,39H,10-11,16-17,24-26H2,1-3H3,(H,44,46)(H,45,47)/t34-,36?,37+,39-/m1/s1. The molecule has 3 aromatic carbocycles. The number of methoxy groups -OCH3 is 1. The van der Waals surface area contributed by atoms with Crippen molar-refractivity contribution in [2.75, 3.05) is 34.3 Å². The fourth-order valence-corrected chi connectivity index (χ4v) is 7.66. The summed E-state index contributed by atoms with van der Waals surface area (Å²) in [5.74, 6) is 6.79. The van der Waals surface area contributed by atoms with Gasteiger partial charge in [0.05, 0.1) is 49.6 Å². The Morgan fingerprint density at radius 2 is 1.37 bits per heavy atom. The molecule has 2 aliphatic rings. The molecule has 2 aliphatic heterocycles. The number of esters is 1. The first-order valence-corrected chi connectivity index (χ1v) is 18.5. The molecule has 2 fully saturated rings. The summed E-state index contributed by atoms with van der Waals surface area (Å²) in [6.07, 6.45) is 6.89. The Morgan fingerprint density at radius 3 is 2.00 bits per heavy atom. The summed E-state index contributed by atoms with van der Waals surface area (Å²) in [6.45, 7) is 1.28. The third kappa shape index (κ3) is 7.84. The lowest BCUT2D eigenvalue weighted by atomic mass is 9.94. The quantitative estimate of drug-likeness (QED) is 0.130. The van der Waals surface area contributed by atoms with Crippen molar-refractivity contribution in [1.82, 2.24) is 34.6 Å². The molecule has 5 aromatic rings. The zero-order chi connectivity index (χ0) is 37.6. The predicted octanol–water partition coefficient (Wildman–Crippen LogP) is 6.18. The van der Waals surface area contributed by atoms with Gasteiger partial charge < -0.3 is 24.5 Å². The molecule has 4 atom stereocenters. The smallest absolute Gasteiger partial charge is 0.306 e. The minimum Gasteiger partial charge on any atom is -0.469 e. The highest BCUT2D eigenvalue weighted by Crippen LogP contribution is 2.36. The van der Waals surface area contributed by atoms with E-state index in [9.17, 15) is 14.4 Å². The molecule has 0 aliphatic carbocycles. The Bertz CT molecular complexity index is 2130. The van der Waals surface area contributed by atoms with Crippen LogP contribution in [-0.2, 0) is 19.1 Å². The van der Waals surface area contributed by atoms with E-state index in [1.807, 2.05) is 120 Å². The number of hydrogen-bond acceptors (Lipinski definition) is 7. The fraction of sp³-hybridized carbons (Fsp3) is 0.326. The zero-order valence-electron chi connectivity index (χ0n) is 30.9. The van der Waals surface area contributed by atoms with Gasteiger partial charge in [-0.2, -0.15) is 0 Å². The molecule has 2 N–H and O–H groups in total. The van der Waals surface area contributed by atoms with Gasteiger partial charge in [-0.25, -0.2) is 9.97 Å². The largest absolute Gasteiger partial charge is 0.469 e. The van der Waals surface area contributed by atoms with Crippen LogP contribution in [0.1, 0.15) is 90.2 Å². The van der Waals surface area contributed by atoms with E-state index < -0.39 is 11.9 Å². The molecule has 0 bridgehead atoms. The number of rotatable bonds is 10. The van der Waals surface area contributed by atoms with Crippen LogP contribution in [0.3, 0.4) is 0 Å². The number of carbonyl (C=O) groups is 3. The highest BCUT2D eigenvalue weighted by Gasteiger charge is 2.38. The van der Waals surface area contributed by atoms with Gasteiger partial charge in [0, 0.05) is 18.7 Å². The van der Waals surface area contributed by atoms with E-state index in [1.165, 1.54) is 7.11 Å². The topological polar surface area (TPSA) is 128 Å². The molecule has 0 radical (unpaired) electrons. The van der Waals surface area contributed by atoms with Crippen molar-refractivity contribution in [3.63, 3.8) is 0 Å². The van der Waals surface area contributed by atoms with Crippen LogP contribution >= 0.6 is 0 Å². The van der Waals surface area contributed by atoms with Crippen molar-refractivity contribution in [3.8, 4) is 23.1 Å². The average molecular weight is 724 g/mol. The molecule has 11 heteroatoms. The summed E-state index contributed by atoms with van der Waals surface area (Å²) in [5, 5.41) is 0. The normalized spacial score (nSPS) is 17.9. The fourth-order valence-electron chi connectivity index (χ4n) is 7.66. The summed E-state index contributed by atoms with van der Waals surface area (Å²) in [7, 11) is 5.22. The van der Waals surface area contributed by atoms with Crippen LogP contribution in [0, 0.1) is 11.8 Å². The molecule has 54 heavy (non-hydrogen) atoms. The second-order valence-corrected chi connectivity index (χ2v) is 14.1. The molecule has 7 rings (SSSR count). The van der Waals surface area contributed by atoms with Crippen molar-refractivity contribution in [2.24, 2.45) is 0 Å². The van der Waals surface area contributed by atoms with E-state index >= 15 is 0 Å². The van der Waals surface area contributed by atoms with Gasteiger partial charge in [-0.3, -0.25) is 19.3 Å². The van der Waals surface area contributed by atoms with E-state index in [4.69, 9.17) is 9.72 Å². The first-order valence-electron chi connectivity index (χ1n) is 18.5. The minimum absolute atomic E-state index is 0.0233. The van der Waals surface area contributed by atoms with Gasteiger partial charge in [-0.05, 0) is 74.5 Å². The molecular formula is C43H45N7O4. The van der Waals surface area contributed by atoms with Gasteiger partial charge in [0.1, 0.15) is 23.4 Å². The van der Waals surface area contributed by atoms with Gasteiger partial charge in [0.15, 0.2) is 0 Å². The Morgan fingerprint density at radius 1 is 0.778 bits per heavy atom. The van der Waals surface area contributed by atoms with Gasteiger partial charge in [-0.1, -0.05) is 78.7 Å². The SMILES string of the molecule is COC(=O)C[C@@H](C(=O)N1CCCC1c1ncc(C#Cc2ccc(-c3cnc([C@@H]4CCCN4C(=O)[C@@H](c4ccccc4)N(C)C)[nH]3)cc2)[nH]1)c1ccccc1. The van der Waals surface area contributed by atoms with E-state index in [0.29, 0.717) is 24.6 Å². The lowest BCUT2D eigenvalue weighted by Gasteiger charge is -2.31. The maximum atomic E-state index is 13.9. The lowest BCUT2D eigenvalue weighted by molar-refractivity contribution is -0.145. The van der Waals surface area contributed by atoms with Crippen LogP contribution in [0.15, 0.2) is 97.3 Å². The molecule has 2 aromatic heterocycles. The molecule has 276 valence electrons. The third-order valence-electron chi connectivity index (χ3n) is 10.4. The predicted molar refractivity (Wildman–Crippen MR) is 205 cm³/mol. The van der Waals surface area contributed by atoms with Gasteiger partial charge in [0.2, 0.25) is 11.8 Å². The second kappa shape index (κ2) is 16.4. The molecule has 2 saturated heterocycles. The highest BCUT2D eigenvalue weighted by atomic mass is 16.5. The Balaban J connectivity index is 1.01. The van der Waals surface area contributed by atoms with E-state index in [-0.39, 0.29) is 36.4 Å². The Labute approximate surface area is 315 Å².